The number of unbranched alkanes of at least 4 members (excludes halogenated alkanes) is 1. The highest BCUT2D eigenvalue weighted by Gasteiger charge is 2.31. The predicted molar refractivity (Wildman–Crippen MR) is 70.0 cm³/mol. The van der Waals surface area contributed by atoms with Gasteiger partial charge in [0.05, 0.1) is 6.61 Å². The lowest BCUT2D eigenvalue weighted by atomic mass is 10.0. The van der Waals surface area contributed by atoms with E-state index in [0.717, 1.165) is 6.42 Å². The molecule has 0 aliphatic rings. The molecule has 0 N–H and O–H groups in total. The van der Waals surface area contributed by atoms with Gasteiger partial charge >= 0.3 is 11.9 Å². The molecule has 4 heteroatoms. The molecule has 0 radical (unpaired) electrons. The van der Waals surface area contributed by atoms with E-state index in [2.05, 4.69) is 6.58 Å². The van der Waals surface area contributed by atoms with Gasteiger partial charge in [-0.15, -0.1) is 6.58 Å². The largest absolute Gasteiger partial charge is 0.465 e. The Morgan fingerprint density at radius 2 is 1.89 bits per heavy atom. The summed E-state index contributed by atoms with van der Waals surface area (Å²) < 4.78 is 10.1. The summed E-state index contributed by atoms with van der Waals surface area (Å²) in [5, 5.41) is 0. The van der Waals surface area contributed by atoms with Gasteiger partial charge in [-0.2, -0.15) is 0 Å². The highest BCUT2D eigenvalue weighted by molar-refractivity contribution is 5.95. The molecule has 0 aliphatic carbocycles. The van der Waals surface area contributed by atoms with Crippen LogP contribution in [-0.2, 0) is 19.1 Å². The quantitative estimate of drug-likeness (QED) is 0.304. The lowest BCUT2D eigenvalue weighted by molar-refractivity contribution is -0.169. The van der Waals surface area contributed by atoms with Gasteiger partial charge in [0.2, 0.25) is 0 Å². The van der Waals surface area contributed by atoms with E-state index in [9.17, 15) is 9.59 Å². The monoisotopic (exact) mass is 256 g/mol. The molecule has 0 rings (SSSR count). The van der Waals surface area contributed by atoms with Crippen LogP contribution in [0.1, 0.15) is 47.0 Å². The Labute approximate surface area is 109 Å². The van der Waals surface area contributed by atoms with Crippen molar-refractivity contribution in [2.75, 3.05) is 6.61 Å². The number of allylic oxidation sites excluding steroid dienone is 1. The van der Waals surface area contributed by atoms with Crippen molar-refractivity contribution in [2.45, 2.75) is 52.6 Å². The summed E-state index contributed by atoms with van der Waals surface area (Å²) in [6.45, 7) is 10.9. The number of ether oxygens (including phenoxy) is 2. The van der Waals surface area contributed by atoms with Gasteiger partial charge in [-0.3, -0.25) is 9.59 Å². The van der Waals surface area contributed by atoms with Crippen LogP contribution in [0.4, 0.5) is 0 Å². The topological polar surface area (TPSA) is 52.6 Å². The molecule has 1 atom stereocenters. The van der Waals surface area contributed by atoms with Gasteiger partial charge in [0, 0.05) is 0 Å². The standard InChI is InChI=1S/C14H24O4/c1-6-8-9-10-11(12(15)17-7-2)13(16)18-14(3,4)5/h6,11H,1,7-10H2,2-5H3/t11-/m1/s1. The maximum Gasteiger partial charge on any atom is 0.320 e. The third kappa shape index (κ3) is 7.09. The lowest BCUT2D eigenvalue weighted by Gasteiger charge is -2.23. The fourth-order valence-corrected chi connectivity index (χ4v) is 1.41. The number of hydrogen-bond donors (Lipinski definition) is 0. The van der Waals surface area contributed by atoms with Crippen LogP contribution in [-0.4, -0.2) is 24.1 Å². The van der Waals surface area contributed by atoms with E-state index < -0.39 is 23.5 Å². The summed E-state index contributed by atoms with van der Waals surface area (Å²) in [4.78, 5) is 23.6. The molecule has 0 saturated carbocycles. The maximum atomic E-state index is 11.9. The number of carbonyl (C=O) groups excluding carboxylic acids is 2. The summed E-state index contributed by atoms with van der Waals surface area (Å²) >= 11 is 0. The second-order valence-electron chi connectivity index (χ2n) is 5.06. The number of carbonyl (C=O) groups is 2. The highest BCUT2D eigenvalue weighted by atomic mass is 16.6. The van der Waals surface area contributed by atoms with E-state index in [1.54, 1.807) is 33.8 Å². The Morgan fingerprint density at radius 3 is 2.33 bits per heavy atom. The third-order valence-electron chi connectivity index (χ3n) is 2.16. The van der Waals surface area contributed by atoms with Crippen molar-refractivity contribution < 1.29 is 19.1 Å². The van der Waals surface area contributed by atoms with Crippen LogP contribution in [0.15, 0.2) is 12.7 Å². The average Bonchev–Trinajstić information content (AvgIpc) is 2.22. The van der Waals surface area contributed by atoms with Gasteiger partial charge in [0.1, 0.15) is 5.60 Å². The fraction of sp³-hybridized carbons (Fsp3) is 0.714. The number of hydrogen-bond acceptors (Lipinski definition) is 4. The second-order valence-corrected chi connectivity index (χ2v) is 5.06. The summed E-state index contributed by atoms with van der Waals surface area (Å²) in [6.07, 6.45) is 3.67. The molecule has 0 fully saturated rings. The Kier molecular flexibility index (Phi) is 7.32. The van der Waals surface area contributed by atoms with Crippen molar-refractivity contribution in [3.05, 3.63) is 12.7 Å². The highest BCUT2D eigenvalue weighted by Crippen LogP contribution is 2.17. The van der Waals surface area contributed by atoms with Crippen molar-refractivity contribution in [3.63, 3.8) is 0 Å². The van der Waals surface area contributed by atoms with E-state index in [-0.39, 0.29) is 6.61 Å². The van der Waals surface area contributed by atoms with E-state index >= 15 is 0 Å². The zero-order valence-corrected chi connectivity index (χ0v) is 11.8. The molecule has 0 heterocycles. The Bertz CT molecular complexity index is 289. The van der Waals surface area contributed by atoms with E-state index in [1.807, 2.05) is 0 Å². The van der Waals surface area contributed by atoms with Gasteiger partial charge in [0.25, 0.3) is 0 Å². The van der Waals surface area contributed by atoms with Crippen LogP contribution in [0.3, 0.4) is 0 Å². The first-order valence-electron chi connectivity index (χ1n) is 6.32. The molecule has 0 aliphatic heterocycles. The molecule has 0 aromatic rings. The first-order valence-corrected chi connectivity index (χ1v) is 6.32. The van der Waals surface area contributed by atoms with Crippen LogP contribution in [0.25, 0.3) is 0 Å². The molecule has 4 nitrogen and oxygen atoms in total. The summed E-state index contributed by atoms with van der Waals surface area (Å²) in [6, 6.07) is 0. The molecule has 104 valence electrons. The van der Waals surface area contributed by atoms with Gasteiger partial charge in [-0.25, -0.2) is 0 Å². The van der Waals surface area contributed by atoms with Crippen molar-refractivity contribution in [1.29, 1.82) is 0 Å². The Hall–Kier alpha value is -1.32. The molecule has 0 amide bonds. The predicted octanol–water partition coefficient (Wildman–Crippen LogP) is 2.86. The van der Waals surface area contributed by atoms with Crippen molar-refractivity contribution in [1.82, 2.24) is 0 Å². The van der Waals surface area contributed by atoms with Gasteiger partial charge in [-0.1, -0.05) is 6.08 Å². The summed E-state index contributed by atoms with van der Waals surface area (Å²) in [5.41, 5.74) is -0.597. The minimum atomic E-state index is -0.830. The zero-order valence-electron chi connectivity index (χ0n) is 11.8. The molecule has 0 saturated heterocycles. The zero-order chi connectivity index (χ0) is 14.2. The fourth-order valence-electron chi connectivity index (χ4n) is 1.41. The summed E-state index contributed by atoms with van der Waals surface area (Å²) in [5.74, 6) is -1.84. The Morgan fingerprint density at radius 1 is 1.28 bits per heavy atom. The SMILES string of the molecule is C=CCCC[C@H](C(=O)OCC)C(=O)OC(C)(C)C. The molecule has 18 heavy (non-hydrogen) atoms. The van der Waals surface area contributed by atoms with Crippen molar-refractivity contribution in [2.24, 2.45) is 5.92 Å². The third-order valence-corrected chi connectivity index (χ3v) is 2.16. The van der Waals surface area contributed by atoms with Crippen LogP contribution in [0.2, 0.25) is 0 Å². The number of rotatable bonds is 7. The molecule has 0 spiro atoms. The van der Waals surface area contributed by atoms with Crippen LogP contribution in [0, 0.1) is 5.92 Å². The normalized spacial score (nSPS) is 12.7. The smallest absolute Gasteiger partial charge is 0.320 e. The first-order chi connectivity index (χ1) is 8.31. The lowest BCUT2D eigenvalue weighted by Crippen LogP contribution is -2.33. The van der Waals surface area contributed by atoms with Crippen LogP contribution < -0.4 is 0 Å². The summed E-state index contributed by atoms with van der Waals surface area (Å²) in [7, 11) is 0. The average molecular weight is 256 g/mol. The number of esters is 2. The molecular weight excluding hydrogens is 232 g/mol. The minimum Gasteiger partial charge on any atom is -0.465 e. The maximum absolute atomic E-state index is 11.9. The first kappa shape index (κ1) is 16.7. The van der Waals surface area contributed by atoms with Crippen molar-refractivity contribution >= 4 is 11.9 Å². The van der Waals surface area contributed by atoms with E-state index in [4.69, 9.17) is 9.47 Å². The molecule has 0 bridgehead atoms. The molecular formula is C14H24O4. The van der Waals surface area contributed by atoms with Gasteiger partial charge < -0.3 is 9.47 Å². The molecule has 0 unspecified atom stereocenters. The van der Waals surface area contributed by atoms with Gasteiger partial charge in [-0.05, 0) is 47.0 Å². The van der Waals surface area contributed by atoms with Crippen molar-refractivity contribution in [3.8, 4) is 0 Å². The van der Waals surface area contributed by atoms with E-state index in [1.165, 1.54) is 0 Å². The van der Waals surface area contributed by atoms with Crippen LogP contribution >= 0.6 is 0 Å². The Balaban J connectivity index is 4.58. The molecule has 0 aromatic heterocycles. The molecule has 0 aromatic carbocycles. The van der Waals surface area contributed by atoms with Crippen LogP contribution in [0.5, 0.6) is 0 Å². The second kappa shape index (κ2) is 7.90. The minimum absolute atomic E-state index is 0.263. The van der Waals surface area contributed by atoms with Gasteiger partial charge in [0.15, 0.2) is 5.92 Å². The van der Waals surface area contributed by atoms with E-state index in [0.29, 0.717) is 12.8 Å².